The molecule has 0 aliphatic heterocycles. The first-order valence-corrected chi connectivity index (χ1v) is 7.31. The maximum Gasteiger partial charge on any atom is 0.221 e. The fourth-order valence-corrected chi connectivity index (χ4v) is 2.15. The summed E-state index contributed by atoms with van der Waals surface area (Å²) >= 11 is 0. The Morgan fingerprint density at radius 2 is 1.91 bits per heavy atom. The van der Waals surface area contributed by atoms with Crippen LogP contribution in [0.4, 0.5) is 11.5 Å². The van der Waals surface area contributed by atoms with Gasteiger partial charge in [0.2, 0.25) is 5.91 Å². The first-order valence-electron chi connectivity index (χ1n) is 7.31. The summed E-state index contributed by atoms with van der Waals surface area (Å²) in [5, 5.41) is 5.93. The first-order chi connectivity index (χ1) is 11.1. The number of carbonyl (C=O) groups excluding carboxylic acids is 1. The van der Waals surface area contributed by atoms with Gasteiger partial charge in [0.25, 0.3) is 0 Å². The minimum absolute atomic E-state index is 0.110. The van der Waals surface area contributed by atoms with Crippen LogP contribution in [0, 0.1) is 0 Å². The zero-order valence-corrected chi connectivity index (χ0v) is 13.6. The van der Waals surface area contributed by atoms with Crippen LogP contribution in [0.3, 0.4) is 0 Å². The van der Waals surface area contributed by atoms with Crippen LogP contribution in [0.2, 0.25) is 0 Å². The third-order valence-corrected chi connectivity index (χ3v) is 3.25. The van der Waals surface area contributed by atoms with Crippen molar-refractivity contribution in [1.82, 2.24) is 4.98 Å². The molecule has 0 saturated carbocycles. The second-order valence-electron chi connectivity index (χ2n) is 4.98. The SMILES string of the molecule is COc1ccc(CCNc2ccc(NC(C)=O)cn2)cc1OC. The van der Waals surface area contributed by atoms with E-state index in [4.69, 9.17) is 9.47 Å². The molecule has 0 fully saturated rings. The molecule has 0 radical (unpaired) electrons. The number of rotatable bonds is 7. The predicted molar refractivity (Wildman–Crippen MR) is 90.3 cm³/mol. The van der Waals surface area contributed by atoms with E-state index < -0.39 is 0 Å². The van der Waals surface area contributed by atoms with Crippen molar-refractivity contribution >= 4 is 17.4 Å². The van der Waals surface area contributed by atoms with E-state index in [1.54, 1.807) is 20.4 Å². The van der Waals surface area contributed by atoms with Gasteiger partial charge in [0.05, 0.1) is 26.1 Å². The van der Waals surface area contributed by atoms with E-state index in [-0.39, 0.29) is 5.91 Å². The average molecular weight is 315 g/mol. The molecular formula is C17H21N3O3. The highest BCUT2D eigenvalue weighted by Crippen LogP contribution is 2.27. The van der Waals surface area contributed by atoms with Crippen molar-refractivity contribution in [2.24, 2.45) is 0 Å². The second kappa shape index (κ2) is 8.03. The Bertz CT molecular complexity index is 657. The largest absolute Gasteiger partial charge is 0.493 e. The molecule has 2 rings (SSSR count). The molecule has 6 heteroatoms. The Labute approximate surface area is 135 Å². The summed E-state index contributed by atoms with van der Waals surface area (Å²) in [5.74, 6) is 2.10. The number of aromatic nitrogens is 1. The molecular weight excluding hydrogens is 294 g/mol. The van der Waals surface area contributed by atoms with E-state index in [2.05, 4.69) is 15.6 Å². The molecule has 0 atom stereocenters. The molecule has 0 aliphatic rings. The lowest BCUT2D eigenvalue weighted by Gasteiger charge is -2.10. The molecule has 1 aromatic heterocycles. The number of pyridine rings is 1. The number of nitrogens with zero attached hydrogens (tertiary/aromatic N) is 1. The Kier molecular flexibility index (Phi) is 5.80. The van der Waals surface area contributed by atoms with Crippen LogP contribution in [0.15, 0.2) is 36.5 Å². The quantitative estimate of drug-likeness (QED) is 0.822. The van der Waals surface area contributed by atoms with Gasteiger partial charge >= 0.3 is 0 Å². The number of anilines is 2. The van der Waals surface area contributed by atoms with Gasteiger partial charge in [-0.05, 0) is 36.2 Å². The Hall–Kier alpha value is -2.76. The molecule has 6 nitrogen and oxygen atoms in total. The van der Waals surface area contributed by atoms with Gasteiger partial charge in [0.1, 0.15) is 5.82 Å². The summed E-state index contributed by atoms with van der Waals surface area (Å²) in [7, 11) is 3.25. The van der Waals surface area contributed by atoms with Crippen LogP contribution in [0.5, 0.6) is 11.5 Å². The summed E-state index contributed by atoms with van der Waals surface area (Å²) in [6.07, 6.45) is 2.45. The number of nitrogens with one attached hydrogen (secondary N) is 2. The monoisotopic (exact) mass is 315 g/mol. The summed E-state index contributed by atoms with van der Waals surface area (Å²) in [5.41, 5.74) is 1.83. The van der Waals surface area contributed by atoms with Gasteiger partial charge in [-0.15, -0.1) is 0 Å². The first kappa shape index (κ1) is 16.6. The van der Waals surface area contributed by atoms with Crippen LogP contribution in [-0.2, 0) is 11.2 Å². The number of methoxy groups -OCH3 is 2. The smallest absolute Gasteiger partial charge is 0.221 e. The van der Waals surface area contributed by atoms with Crippen molar-refractivity contribution in [2.45, 2.75) is 13.3 Å². The lowest BCUT2D eigenvalue weighted by Crippen LogP contribution is -2.08. The van der Waals surface area contributed by atoms with Gasteiger partial charge in [-0.1, -0.05) is 6.07 Å². The molecule has 122 valence electrons. The van der Waals surface area contributed by atoms with E-state index >= 15 is 0 Å². The molecule has 2 aromatic rings. The molecule has 23 heavy (non-hydrogen) atoms. The van der Waals surface area contributed by atoms with Gasteiger partial charge in [-0.3, -0.25) is 4.79 Å². The van der Waals surface area contributed by atoms with E-state index in [1.165, 1.54) is 6.92 Å². The number of benzene rings is 1. The van der Waals surface area contributed by atoms with Crippen LogP contribution in [-0.4, -0.2) is 31.7 Å². The van der Waals surface area contributed by atoms with Crippen LogP contribution >= 0.6 is 0 Å². The Balaban J connectivity index is 1.88. The summed E-state index contributed by atoms with van der Waals surface area (Å²) in [6, 6.07) is 9.52. The predicted octanol–water partition coefficient (Wildman–Crippen LogP) is 2.71. The lowest BCUT2D eigenvalue weighted by atomic mass is 10.1. The number of amides is 1. The van der Waals surface area contributed by atoms with Crippen molar-refractivity contribution in [1.29, 1.82) is 0 Å². The van der Waals surface area contributed by atoms with Crippen molar-refractivity contribution in [3.05, 3.63) is 42.1 Å². The summed E-state index contributed by atoms with van der Waals surface area (Å²) in [6.45, 7) is 2.21. The van der Waals surface area contributed by atoms with E-state index in [1.807, 2.05) is 30.3 Å². The average Bonchev–Trinajstić information content (AvgIpc) is 2.55. The molecule has 0 unspecified atom stereocenters. The molecule has 1 amide bonds. The maximum absolute atomic E-state index is 11.0. The topological polar surface area (TPSA) is 72.5 Å². The van der Waals surface area contributed by atoms with E-state index in [9.17, 15) is 4.79 Å². The molecule has 0 saturated heterocycles. The van der Waals surface area contributed by atoms with Gasteiger partial charge < -0.3 is 20.1 Å². The van der Waals surface area contributed by atoms with Gasteiger partial charge in [0.15, 0.2) is 11.5 Å². The lowest BCUT2D eigenvalue weighted by molar-refractivity contribution is -0.114. The highest BCUT2D eigenvalue weighted by atomic mass is 16.5. The third kappa shape index (κ3) is 4.88. The van der Waals surface area contributed by atoms with E-state index in [0.29, 0.717) is 5.69 Å². The van der Waals surface area contributed by atoms with Crippen LogP contribution in [0.1, 0.15) is 12.5 Å². The van der Waals surface area contributed by atoms with Crippen LogP contribution in [0.25, 0.3) is 0 Å². The standard InChI is InChI=1S/C17H21N3O3/c1-12(21)20-14-5-7-17(19-11-14)18-9-8-13-4-6-15(22-2)16(10-13)23-3/h4-7,10-11H,8-9H2,1-3H3,(H,18,19)(H,20,21). The number of carbonyl (C=O) groups is 1. The maximum atomic E-state index is 11.0. The van der Waals surface area contributed by atoms with Crippen molar-refractivity contribution in [2.75, 3.05) is 31.4 Å². The van der Waals surface area contributed by atoms with Crippen molar-refractivity contribution in [3.8, 4) is 11.5 Å². The molecule has 0 bridgehead atoms. The number of hydrogen-bond donors (Lipinski definition) is 2. The molecule has 0 spiro atoms. The third-order valence-electron chi connectivity index (χ3n) is 3.25. The number of hydrogen-bond acceptors (Lipinski definition) is 5. The molecule has 2 N–H and O–H groups in total. The highest BCUT2D eigenvalue weighted by molar-refractivity contribution is 5.88. The Morgan fingerprint density at radius 1 is 1.13 bits per heavy atom. The van der Waals surface area contributed by atoms with Gasteiger partial charge in [-0.25, -0.2) is 4.98 Å². The fourth-order valence-electron chi connectivity index (χ4n) is 2.15. The summed E-state index contributed by atoms with van der Waals surface area (Å²) in [4.78, 5) is 15.2. The zero-order valence-electron chi connectivity index (χ0n) is 13.6. The molecule has 0 aliphatic carbocycles. The highest BCUT2D eigenvalue weighted by Gasteiger charge is 2.04. The number of ether oxygens (including phenoxy) is 2. The van der Waals surface area contributed by atoms with Crippen molar-refractivity contribution < 1.29 is 14.3 Å². The minimum atomic E-state index is -0.110. The Morgan fingerprint density at radius 3 is 2.52 bits per heavy atom. The van der Waals surface area contributed by atoms with Gasteiger partial charge in [0, 0.05) is 13.5 Å². The van der Waals surface area contributed by atoms with E-state index in [0.717, 1.165) is 35.8 Å². The normalized spacial score (nSPS) is 10.0. The van der Waals surface area contributed by atoms with Crippen LogP contribution < -0.4 is 20.1 Å². The minimum Gasteiger partial charge on any atom is -0.493 e. The zero-order chi connectivity index (χ0) is 16.7. The second-order valence-corrected chi connectivity index (χ2v) is 4.98. The van der Waals surface area contributed by atoms with Gasteiger partial charge in [-0.2, -0.15) is 0 Å². The molecule has 1 aromatic carbocycles. The molecule has 1 heterocycles. The summed E-state index contributed by atoms with van der Waals surface area (Å²) < 4.78 is 10.5. The fraction of sp³-hybridized carbons (Fsp3) is 0.294. The van der Waals surface area contributed by atoms with Crippen molar-refractivity contribution in [3.63, 3.8) is 0 Å².